The van der Waals surface area contributed by atoms with E-state index in [1.807, 2.05) is 58.6 Å². The number of thiazole rings is 1. The predicted molar refractivity (Wildman–Crippen MR) is 132 cm³/mol. The number of ether oxygens (including phenoxy) is 1. The number of pyridine rings is 1. The fourth-order valence-corrected chi connectivity index (χ4v) is 5.04. The number of aromatic nitrogens is 4. The highest BCUT2D eigenvalue weighted by Gasteiger charge is 2.31. The number of nitrogens with zero attached hydrogens (tertiary/aromatic N) is 5. The lowest BCUT2D eigenvalue weighted by Crippen LogP contribution is -2.37. The number of amides is 1. The molecule has 4 aromatic rings. The first kappa shape index (κ1) is 22.9. The summed E-state index contributed by atoms with van der Waals surface area (Å²) in [6.45, 7) is 3.36. The van der Waals surface area contributed by atoms with Crippen LogP contribution < -0.4 is 0 Å². The van der Waals surface area contributed by atoms with Crippen molar-refractivity contribution < 1.29 is 14.3 Å². The van der Waals surface area contributed by atoms with Crippen LogP contribution in [-0.4, -0.2) is 49.7 Å². The smallest absolute Gasteiger partial charge is 0.359 e. The van der Waals surface area contributed by atoms with E-state index in [4.69, 9.17) is 4.74 Å². The maximum absolute atomic E-state index is 13.2. The predicted octanol–water partition coefficient (Wildman–Crippen LogP) is 3.75. The van der Waals surface area contributed by atoms with Gasteiger partial charge in [0.1, 0.15) is 5.01 Å². The van der Waals surface area contributed by atoms with E-state index in [1.54, 1.807) is 18.0 Å². The molecule has 0 aliphatic carbocycles. The minimum absolute atomic E-state index is 0.0205. The first-order valence-corrected chi connectivity index (χ1v) is 12.4. The highest BCUT2D eigenvalue weighted by molar-refractivity contribution is 7.13. The summed E-state index contributed by atoms with van der Waals surface area (Å²) >= 11 is 1.53. The maximum atomic E-state index is 13.2. The molecule has 0 N–H and O–H groups in total. The van der Waals surface area contributed by atoms with Crippen molar-refractivity contribution >= 4 is 23.2 Å². The van der Waals surface area contributed by atoms with Crippen molar-refractivity contribution in [3.05, 3.63) is 88.4 Å². The fourth-order valence-electron chi connectivity index (χ4n) is 4.21. The minimum Gasteiger partial charge on any atom is -0.461 e. The van der Waals surface area contributed by atoms with Gasteiger partial charge in [-0.15, -0.1) is 11.3 Å². The van der Waals surface area contributed by atoms with Gasteiger partial charge in [0.05, 0.1) is 31.0 Å². The largest absolute Gasteiger partial charge is 0.461 e. The quantitative estimate of drug-likeness (QED) is 0.369. The average Bonchev–Trinajstić information content (AvgIpc) is 3.50. The van der Waals surface area contributed by atoms with Gasteiger partial charge in [0.2, 0.25) is 5.91 Å². The van der Waals surface area contributed by atoms with Crippen molar-refractivity contribution in [1.82, 2.24) is 24.6 Å². The van der Waals surface area contributed by atoms with E-state index in [0.717, 1.165) is 33.2 Å². The zero-order valence-electron chi connectivity index (χ0n) is 19.4. The van der Waals surface area contributed by atoms with Crippen molar-refractivity contribution in [3.63, 3.8) is 0 Å². The summed E-state index contributed by atoms with van der Waals surface area (Å²) in [7, 11) is 0. The van der Waals surface area contributed by atoms with Crippen molar-refractivity contribution in [1.29, 1.82) is 0 Å². The van der Waals surface area contributed by atoms with Crippen LogP contribution >= 0.6 is 11.3 Å². The molecular formula is C26H25N5O3S. The molecule has 0 saturated heterocycles. The number of hydrogen-bond acceptors (Lipinski definition) is 7. The Bertz CT molecular complexity index is 1330. The van der Waals surface area contributed by atoms with Gasteiger partial charge in [-0.3, -0.25) is 14.5 Å². The lowest BCUT2D eigenvalue weighted by Gasteiger charge is -2.27. The fraction of sp³-hybridized carbons (Fsp3) is 0.269. The van der Waals surface area contributed by atoms with Gasteiger partial charge in [-0.1, -0.05) is 36.4 Å². The number of hydrogen-bond donors (Lipinski definition) is 0. The van der Waals surface area contributed by atoms with Gasteiger partial charge >= 0.3 is 5.97 Å². The topological polar surface area (TPSA) is 90.2 Å². The molecule has 0 atom stereocenters. The van der Waals surface area contributed by atoms with E-state index in [-0.39, 0.29) is 24.6 Å². The standard InChI is InChI=1S/C26H25N5O3S/c1-2-34-26(33)24-21-16-30(13-11-22(21)31(29-24)15-19-10-6-7-12-27-19)23(32)14-20-17-35-25(28-20)18-8-4-3-5-9-18/h3-10,12,17H,2,11,13-16H2,1H3. The third-order valence-electron chi connectivity index (χ3n) is 5.90. The van der Waals surface area contributed by atoms with Crippen LogP contribution in [0.5, 0.6) is 0 Å². The second kappa shape index (κ2) is 10.2. The van der Waals surface area contributed by atoms with Crippen molar-refractivity contribution in [3.8, 4) is 10.6 Å². The van der Waals surface area contributed by atoms with Gasteiger partial charge in [0, 0.05) is 47.9 Å². The Morgan fingerprint density at radius 1 is 1.09 bits per heavy atom. The van der Waals surface area contributed by atoms with Gasteiger partial charge in [-0.25, -0.2) is 9.78 Å². The number of fused-ring (bicyclic) bond motifs is 1. The highest BCUT2D eigenvalue weighted by atomic mass is 32.1. The lowest BCUT2D eigenvalue weighted by molar-refractivity contribution is -0.131. The minimum atomic E-state index is -0.468. The number of carbonyl (C=O) groups is 2. The van der Waals surface area contributed by atoms with E-state index in [0.29, 0.717) is 26.1 Å². The summed E-state index contributed by atoms with van der Waals surface area (Å²) in [4.78, 5) is 36.6. The van der Waals surface area contributed by atoms with E-state index in [1.165, 1.54) is 11.3 Å². The van der Waals surface area contributed by atoms with Gasteiger partial charge in [0.25, 0.3) is 0 Å². The Kier molecular flexibility index (Phi) is 6.67. The summed E-state index contributed by atoms with van der Waals surface area (Å²) in [5, 5.41) is 7.41. The molecule has 0 unspecified atom stereocenters. The Morgan fingerprint density at radius 3 is 2.69 bits per heavy atom. The monoisotopic (exact) mass is 487 g/mol. The zero-order valence-corrected chi connectivity index (χ0v) is 20.2. The van der Waals surface area contributed by atoms with Crippen molar-refractivity contribution in [2.75, 3.05) is 13.2 Å². The molecule has 0 fully saturated rings. The molecule has 1 aliphatic rings. The lowest BCUT2D eigenvalue weighted by atomic mass is 10.0. The molecule has 178 valence electrons. The van der Waals surface area contributed by atoms with Gasteiger partial charge in [-0.05, 0) is 19.1 Å². The summed E-state index contributed by atoms with van der Waals surface area (Å²) in [5.41, 5.74) is 4.61. The summed E-state index contributed by atoms with van der Waals surface area (Å²) < 4.78 is 7.07. The number of esters is 1. The van der Waals surface area contributed by atoms with Crippen LogP contribution in [0.25, 0.3) is 10.6 Å². The number of benzene rings is 1. The Balaban J connectivity index is 1.35. The van der Waals surface area contributed by atoms with Crippen LogP contribution in [0.4, 0.5) is 0 Å². The molecule has 1 aliphatic heterocycles. The van der Waals surface area contributed by atoms with E-state index in [2.05, 4.69) is 15.1 Å². The second-order valence-electron chi connectivity index (χ2n) is 8.23. The van der Waals surface area contributed by atoms with Crippen LogP contribution in [0, 0.1) is 0 Å². The molecule has 5 rings (SSSR count). The third-order valence-corrected chi connectivity index (χ3v) is 6.84. The summed E-state index contributed by atoms with van der Waals surface area (Å²) in [5.74, 6) is -0.488. The molecule has 4 heterocycles. The molecule has 1 amide bonds. The summed E-state index contributed by atoms with van der Waals surface area (Å²) in [6, 6.07) is 15.6. The SMILES string of the molecule is CCOC(=O)c1nn(Cc2ccccn2)c2c1CN(C(=O)Cc1csc(-c3ccccc3)n1)CC2. The van der Waals surface area contributed by atoms with Crippen LogP contribution in [0.15, 0.2) is 60.1 Å². The first-order chi connectivity index (χ1) is 17.1. The van der Waals surface area contributed by atoms with Crippen LogP contribution in [0.1, 0.15) is 40.1 Å². The van der Waals surface area contributed by atoms with E-state index < -0.39 is 5.97 Å². The zero-order chi connectivity index (χ0) is 24.2. The molecule has 35 heavy (non-hydrogen) atoms. The highest BCUT2D eigenvalue weighted by Crippen LogP contribution is 2.26. The Labute approximate surface area is 207 Å². The van der Waals surface area contributed by atoms with Crippen molar-refractivity contribution in [2.45, 2.75) is 32.9 Å². The van der Waals surface area contributed by atoms with E-state index in [9.17, 15) is 9.59 Å². The number of rotatable bonds is 7. The third kappa shape index (κ3) is 5.00. The second-order valence-corrected chi connectivity index (χ2v) is 9.08. The Hall–Kier alpha value is -3.85. The van der Waals surface area contributed by atoms with Gasteiger partial charge in [-0.2, -0.15) is 5.10 Å². The maximum Gasteiger partial charge on any atom is 0.359 e. The molecule has 9 heteroatoms. The molecule has 8 nitrogen and oxygen atoms in total. The van der Waals surface area contributed by atoms with E-state index >= 15 is 0 Å². The molecule has 0 bridgehead atoms. The van der Waals surface area contributed by atoms with Gasteiger partial charge in [0.15, 0.2) is 5.69 Å². The molecule has 1 aromatic carbocycles. The Morgan fingerprint density at radius 2 is 1.91 bits per heavy atom. The number of carbonyl (C=O) groups excluding carboxylic acids is 2. The van der Waals surface area contributed by atoms with Crippen LogP contribution in [0.2, 0.25) is 0 Å². The van der Waals surface area contributed by atoms with Crippen LogP contribution in [-0.2, 0) is 35.5 Å². The molecule has 0 spiro atoms. The van der Waals surface area contributed by atoms with Crippen molar-refractivity contribution in [2.24, 2.45) is 0 Å². The molecule has 3 aromatic heterocycles. The normalized spacial score (nSPS) is 12.9. The molecule has 0 saturated carbocycles. The molecule has 0 radical (unpaired) electrons. The molecular weight excluding hydrogens is 462 g/mol. The first-order valence-electron chi connectivity index (χ1n) is 11.6. The van der Waals surface area contributed by atoms with Gasteiger partial charge < -0.3 is 9.64 Å². The summed E-state index contributed by atoms with van der Waals surface area (Å²) in [6.07, 6.45) is 2.56. The average molecular weight is 488 g/mol. The van der Waals surface area contributed by atoms with Crippen LogP contribution in [0.3, 0.4) is 0 Å².